The van der Waals surface area contributed by atoms with Crippen LogP contribution in [0.25, 0.3) is 10.9 Å². The van der Waals surface area contributed by atoms with Crippen molar-refractivity contribution in [3.8, 4) is 0 Å². The second-order valence-corrected chi connectivity index (χ2v) is 3.26. The molecule has 0 atom stereocenters. The van der Waals surface area contributed by atoms with E-state index in [9.17, 15) is 13.2 Å². The summed E-state index contributed by atoms with van der Waals surface area (Å²) in [5, 5.41) is 4.39. The Morgan fingerprint density at radius 3 is 2.73 bits per heavy atom. The van der Waals surface area contributed by atoms with Gasteiger partial charge in [0.1, 0.15) is 6.54 Å². The summed E-state index contributed by atoms with van der Waals surface area (Å²) in [5.41, 5.74) is 6.52. The van der Waals surface area contributed by atoms with E-state index in [1.807, 2.05) is 0 Å². The van der Waals surface area contributed by atoms with Crippen LogP contribution in [-0.2, 0) is 6.54 Å². The molecule has 0 unspecified atom stereocenters. The topological polar surface area (TPSA) is 43.8 Å². The zero-order valence-corrected chi connectivity index (χ0v) is 7.62. The lowest BCUT2D eigenvalue weighted by Crippen LogP contribution is -2.17. The standard InChI is InChI=1S/C9H8F3N3/c10-9(11,12)5-15-4-6-3-7(13)1-2-8(6)14-15/h1-4H,5,13H2. The van der Waals surface area contributed by atoms with Gasteiger partial charge in [-0.1, -0.05) is 0 Å². The van der Waals surface area contributed by atoms with Crippen molar-refractivity contribution >= 4 is 16.6 Å². The van der Waals surface area contributed by atoms with Crippen LogP contribution < -0.4 is 5.73 Å². The summed E-state index contributed by atoms with van der Waals surface area (Å²) < 4.78 is 37.1. The van der Waals surface area contributed by atoms with Gasteiger partial charge in [-0.3, -0.25) is 4.68 Å². The first-order chi connectivity index (χ1) is 6.94. The van der Waals surface area contributed by atoms with Crippen molar-refractivity contribution in [1.29, 1.82) is 0 Å². The Morgan fingerprint density at radius 2 is 2.07 bits per heavy atom. The summed E-state index contributed by atoms with van der Waals surface area (Å²) in [4.78, 5) is 0. The zero-order valence-electron chi connectivity index (χ0n) is 7.62. The number of benzene rings is 1. The van der Waals surface area contributed by atoms with Gasteiger partial charge in [0.25, 0.3) is 0 Å². The molecule has 0 saturated carbocycles. The Kier molecular flexibility index (Phi) is 2.06. The van der Waals surface area contributed by atoms with Crippen LogP contribution in [-0.4, -0.2) is 16.0 Å². The molecule has 80 valence electrons. The van der Waals surface area contributed by atoms with Gasteiger partial charge in [0.2, 0.25) is 0 Å². The van der Waals surface area contributed by atoms with Crippen LogP contribution in [0.15, 0.2) is 24.4 Å². The van der Waals surface area contributed by atoms with Crippen LogP contribution in [0.1, 0.15) is 0 Å². The first kappa shape index (κ1) is 9.82. The fourth-order valence-electron chi connectivity index (χ4n) is 1.36. The van der Waals surface area contributed by atoms with E-state index in [0.29, 0.717) is 16.6 Å². The number of aromatic nitrogens is 2. The Hall–Kier alpha value is -1.72. The number of hydrogen-bond donors (Lipinski definition) is 1. The van der Waals surface area contributed by atoms with Crippen LogP contribution in [0.4, 0.5) is 18.9 Å². The average Bonchev–Trinajstić information content (AvgIpc) is 2.42. The number of alkyl halides is 3. The van der Waals surface area contributed by atoms with Gasteiger partial charge in [-0.25, -0.2) is 0 Å². The number of hydrogen-bond acceptors (Lipinski definition) is 2. The smallest absolute Gasteiger partial charge is 0.399 e. The van der Waals surface area contributed by atoms with Gasteiger partial charge in [-0.05, 0) is 18.2 Å². The lowest BCUT2D eigenvalue weighted by Gasteiger charge is -2.04. The highest BCUT2D eigenvalue weighted by Gasteiger charge is 2.28. The lowest BCUT2D eigenvalue weighted by molar-refractivity contribution is -0.142. The molecule has 1 heterocycles. The molecule has 0 saturated heterocycles. The maximum atomic E-state index is 12.1. The molecule has 2 rings (SSSR count). The monoisotopic (exact) mass is 215 g/mol. The molecule has 0 radical (unpaired) electrons. The Morgan fingerprint density at radius 1 is 1.33 bits per heavy atom. The lowest BCUT2D eigenvalue weighted by atomic mass is 10.2. The van der Waals surface area contributed by atoms with Crippen molar-refractivity contribution in [2.75, 3.05) is 5.73 Å². The largest absolute Gasteiger partial charge is 0.408 e. The molecule has 0 amide bonds. The number of rotatable bonds is 1. The van der Waals surface area contributed by atoms with Crippen molar-refractivity contribution < 1.29 is 13.2 Å². The number of fused-ring (bicyclic) bond motifs is 1. The number of anilines is 1. The predicted octanol–water partition coefficient (Wildman–Crippen LogP) is 2.18. The predicted molar refractivity (Wildman–Crippen MR) is 50.2 cm³/mol. The van der Waals surface area contributed by atoms with Crippen molar-refractivity contribution in [3.05, 3.63) is 24.4 Å². The zero-order chi connectivity index (χ0) is 11.1. The summed E-state index contributed by atoms with van der Waals surface area (Å²) in [6.45, 7) is -1.08. The van der Waals surface area contributed by atoms with Gasteiger partial charge in [0.05, 0.1) is 5.52 Å². The second kappa shape index (κ2) is 3.15. The quantitative estimate of drug-likeness (QED) is 0.741. The first-order valence-electron chi connectivity index (χ1n) is 4.23. The van der Waals surface area contributed by atoms with Crippen molar-refractivity contribution in [2.45, 2.75) is 12.7 Å². The normalized spacial score (nSPS) is 12.2. The molecule has 0 aliphatic heterocycles. The highest BCUT2D eigenvalue weighted by Crippen LogP contribution is 2.20. The summed E-state index contributed by atoms with van der Waals surface area (Å²) in [6, 6.07) is 4.79. The van der Waals surface area contributed by atoms with E-state index in [-0.39, 0.29) is 0 Å². The van der Waals surface area contributed by atoms with Crippen molar-refractivity contribution in [3.63, 3.8) is 0 Å². The Balaban J connectivity index is 2.39. The van der Waals surface area contributed by atoms with Crippen LogP contribution in [0.2, 0.25) is 0 Å². The van der Waals surface area contributed by atoms with Gasteiger partial charge < -0.3 is 5.73 Å². The van der Waals surface area contributed by atoms with Crippen LogP contribution in [0.5, 0.6) is 0 Å². The molecule has 3 nitrogen and oxygen atoms in total. The Labute approximate surface area is 83.3 Å². The van der Waals surface area contributed by atoms with E-state index in [2.05, 4.69) is 5.10 Å². The molecular weight excluding hydrogens is 207 g/mol. The summed E-state index contributed by atoms with van der Waals surface area (Å²) >= 11 is 0. The number of halogens is 3. The number of nitrogens with two attached hydrogens (primary N) is 1. The average molecular weight is 215 g/mol. The molecule has 6 heteroatoms. The van der Waals surface area contributed by atoms with Gasteiger partial charge in [0.15, 0.2) is 0 Å². The van der Waals surface area contributed by atoms with E-state index in [1.54, 1.807) is 18.2 Å². The third-order valence-electron chi connectivity index (χ3n) is 1.92. The molecule has 0 bridgehead atoms. The molecule has 0 spiro atoms. The maximum absolute atomic E-state index is 12.1. The summed E-state index contributed by atoms with van der Waals surface area (Å²) in [5.74, 6) is 0. The van der Waals surface area contributed by atoms with E-state index in [0.717, 1.165) is 4.68 Å². The summed E-state index contributed by atoms with van der Waals surface area (Å²) in [6.07, 6.45) is -2.92. The maximum Gasteiger partial charge on any atom is 0.408 e. The molecule has 2 N–H and O–H groups in total. The molecule has 15 heavy (non-hydrogen) atoms. The van der Waals surface area contributed by atoms with E-state index in [4.69, 9.17) is 5.73 Å². The van der Waals surface area contributed by atoms with E-state index in [1.165, 1.54) is 6.20 Å². The molecule has 1 aromatic carbocycles. The van der Waals surface area contributed by atoms with Gasteiger partial charge in [-0.2, -0.15) is 18.3 Å². The minimum Gasteiger partial charge on any atom is -0.399 e. The van der Waals surface area contributed by atoms with E-state index >= 15 is 0 Å². The van der Waals surface area contributed by atoms with E-state index < -0.39 is 12.7 Å². The molecule has 0 aliphatic carbocycles. The number of nitrogen functional groups attached to an aromatic ring is 1. The molecule has 1 aromatic heterocycles. The van der Waals surface area contributed by atoms with Crippen molar-refractivity contribution in [1.82, 2.24) is 9.78 Å². The first-order valence-corrected chi connectivity index (χ1v) is 4.23. The van der Waals surface area contributed by atoms with Gasteiger partial charge >= 0.3 is 6.18 Å². The molecule has 0 aliphatic rings. The fraction of sp³-hybridized carbons (Fsp3) is 0.222. The molecular formula is C9H8F3N3. The fourth-order valence-corrected chi connectivity index (χ4v) is 1.36. The van der Waals surface area contributed by atoms with Crippen LogP contribution >= 0.6 is 0 Å². The molecule has 0 fully saturated rings. The molecule has 2 aromatic rings. The third-order valence-corrected chi connectivity index (χ3v) is 1.92. The highest BCUT2D eigenvalue weighted by molar-refractivity contribution is 5.81. The number of nitrogens with zero attached hydrogens (tertiary/aromatic N) is 2. The van der Waals surface area contributed by atoms with Crippen LogP contribution in [0, 0.1) is 0 Å². The van der Waals surface area contributed by atoms with Crippen LogP contribution in [0.3, 0.4) is 0 Å². The summed E-state index contributed by atoms with van der Waals surface area (Å²) in [7, 11) is 0. The third kappa shape index (κ3) is 2.20. The SMILES string of the molecule is Nc1ccc2nn(CC(F)(F)F)cc2c1. The minimum absolute atomic E-state index is 0.508. The van der Waals surface area contributed by atoms with Gasteiger partial charge in [-0.15, -0.1) is 0 Å². The Bertz CT molecular complexity index is 487. The minimum atomic E-state index is -4.26. The second-order valence-electron chi connectivity index (χ2n) is 3.26. The van der Waals surface area contributed by atoms with Gasteiger partial charge in [0, 0.05) is 17.3 Å². The highest BCUT2D eigenvalue weighted by atomic mass is 19.4. The van der Waals surface area contributed by atoms with Crippen molar-refractivity contribution in [2.24, 2.45) is 0 Å².